The Balaban J connectivity index is 0.000000251. The van der Waals surface area contributed by atoms with Gasteiger partial charge in [0.05, 0.1) is 9.79 Å². The molecule has 0 saturated heterocycles. The molecule has 0 atom stereocenters. The van der Waals surface area contributed by atoms with Crippen molar-refractivity contribution >= 4 is 20.0 Å². The molecule has 10 nitrogen and oxygen atoms in total. The molecule has 2 rings (SSSR count). The summed E-state index contributed by atoms with van der Waals surface area (Å²) in [5, 5.41) is 0. The summed E-state index contributed by atoms with van der Waals surface area (Å²) in [6.07, 6.45) is 0. The second-order valence-electron chi connectivity index (χ2n) is 4.42. The number of benzene rings is 2. The predicted molar refractivity (Wildman–Crippen MR) is 90.3 cm³/mol. The van der Waals surface area contributed by atoms with Gasteiger partial charge in [0.25, 0.3) is 20.0 Å². The lowest BCUT2D eigenvalue weighted by molar-refractivity contribution is 0.595. The Bertz CT molecular complexity index is 1020. The van der Waals surface area contributed by atoms with Gasteiger partial charge in [0, 0.05) is 18.9 Å². The van der Waals surface area contributed by atoms with Crippen LogP contribution in [0, 0.1) is 6.92 Å². The minimum Gasteiger partial charge on any atom is -0.216 e. The van der Waals surface area contributed by atoms with Crippen LogP contribution in [0.25, 0.3) is 20.9 Å². The molecule has 12 heteroatoms. The number of azide groups is 2. The SMILES string of the molecule is Cc1ccc(S(=O)(=O)N=[N+]=[N-])cc1.[N-]=[N+]=NS(=O)(=O)c1ccccc1. The summed E-state index contributed by atoms with van der Waals surface area (Å²) in [6.45, 7) is 1.84. The first kappa shape index (κ1) is 20.0. The summed E-state index contributed by atoms with van der Waals surface area (Å²) < 4.78 is 49.7. The molecule has 0 aliphatic rings. The molecule has 130 valence electrons. The van der Waals surface area contributed by atoms with Gasteiger partial charge in [-0.05, 0) is 42.3 Å². The Morgan fingerprint density at radius 1 is 0.720 bits per heavy atom. The normalized spacial score (nSPS) is 10.4. The van der Waals surface area contributed by atoms with Gasteiger partial charge in [0.15, 0.2) is 0 Å². The van der Waals surface area contributed by atoms with E-state index in [0.29, 0.717) is 0 Å². The number of hydrogen-bond donors (Lipinski definition) is 0. The second kappa shape index (κ2) is 8.71. The van der Waals surface area contributed by atoms with E-state index in [1.54, 1.807) is 30.3 Å². The van der Waals surface area contributed by atoms with E-state index in [4.69, 9.17) is 11.1 Å². The molecule has 2 aromatic carbocycles. The van der Waals surface area contributed by atoms with Gasteiger partial charge in [0.2, 0.25) is 0 Å². The molecule has 0 radical (unpaired) electrons. The standard InChI is InChI=1S/C7H7N3O2S.C6H5N3O2S/c1-6-2-4-7(5-3-6)13(11,12)10-9-8;7-8-9-12(10,11)6-4-2-1-3-5-6/h2-5H,1H3;1-5H. The Morgan fingerprint density at radius 3 is 1.52 bits per heavy atom. The highest BCUT2D eigenvalue weighted by Crippen LogP contribution is 2.13. The van der Waals surface area contributed by atoms with E-state index in [-0.39, 0.29) is 9.79 Å². The topological polar surface area (TPSA) is 166 Å². The Labute approximate surface area is 144 Å². The van der Waals surface area contributed by atoms with Gasteiger partial charge in [-0.1, -0.05) is 35.9 Å². The van der Waals surface area contributed by atoms with E-state index in [9.17, 15) is 16.8 Å². The van der Waals surface area contributed by atoms with Gasteiger partial charge in [-0.2, -0.15) is 0 Å². The first-order chi connectivity index (χ1) is 11.7. The molecule has 0 spiro atoms. The van der Waals surface area contributed by atoms with Crippen LogP contribution in [0.2, 0.25) is 0 Å². The van der Waals surface area contributed by atoms with Gasteiger partial charge >= 0.3 is 0 Å². The summed E-state index contributed by atoms with van der Waals surface area (Å²) in [6, 6.07) is 13.6. The van der Waals surface area contributed by atoms with Crippen LogP contribution in [-0.4, -0.2) is 16.8 Å². The highest BCUT2D eigenvalue weighted by molar-refractivity contribution is 7.90. The number of sulfonamides is 2. The van der Waals surface area contributed by atoms with Crippen molar-refractivity contribution in [1.29, 1.82) is 0 Å². The molecule has 0 aromatic heterocycles. The predicted octanol–water partition coefficient (Wildman–Crippen LogP) is 3.68. The number of aryl methyl sites for hydroxylation is 1. The van der Waals surface area contributed by atoms with Crippen molar-refractivity contribution in [2.45, 2.75) is 16.7 Å². The van der Waals surface area contributed by atoms with Crippen LogP contribution in [0.3, 0.4) is 0 Å². The average molecular weight is 380 g/mol. The Hall–Kier alpha value is -3.04. The number of nitrogens with zero attached hydrogens (tertiary/aromatic N) is 6. The lowest BCUT2D eigenvalue weighted by Gasteiger charge is -1.96. The molecular formula is C13H12N6O4S2. The van der Waals surface area contributed by atoms with Crippen LogP contribution in [0.5, 0.6) is 0 Å². The molecule has 25 heavy (non-hydrogen) atoms. The molecule has 0 aliphatic carbocycles. The molecule has 0 fully saturated rings. The van der Waals surface area contributed by atoms with Gasteiger partial charge in [0.1, 0.15) is 0 Å². The van der Waals surface area contributed by atoms with Gasteiger partial charge in [-0.3, -0.25) is 0 Å². The average Bonchev–Trinajstić information content (AvgIpc) is 2.56. The van der Waals surface area contributed by atoms with Crippen molar-refractivity contribution in [1.82, 2.24) is 0 Å². The van der Waals surface area contributed by atoms with Crippen molar-refractivity contribution in [2.75, 3.05) is 0 Å². The van der Waals surface area contributed by atoms with Crippen LogP contribution in [-0.2, 0) is 20.0 Å². The first-order valence-electron chi connectivity index (χ1n) is 6.47. The minimum atomic E-state index is -3.82. The highest BCUT2D eigenvalue weighted by Gasteiger charge is 2.10. The molecule has 0 aliphatic heterocycles. The molecule has 2 aromatic rings. The zero-order chi connectivity index (χ0) is 18.9. The Morgan fingerprint density at radius 2 is 1.12 bits per heavy atom. The van der Waals surface area contributed by atoms with E-state index in [0.717, 1.165) is 5.56 Å². The van der Waals surface area contributed by atoms with E-state index in [2.05, 4.69) is 18.9 Å². The third kappa shape index (κ3) is 6.16. The molecule has 0 unspecified atom stereocenters. The molecular weight excluding hydrogens is 368 g/mol. The fraction of sp³-hybridized carbons (Fsp3) is 0.0769. The summed E-state index contributed by atoms with van der Waals surface area (Å²) in [5.74, 6) is 0. The summed E-state index contributed by atoms with van der Waals surface area (Å²) in [7, 11) is -7.62. The van der Waals surface area contributed by atoms with Gasteiger partial charge < -0.3 is 0 Å². The maximum Gasteiger partial charge on any atom is 0.264 e. The lowest BCUT2D eigenvalue weighted by Crippen LogP contribution is -1.94. The minimum absolute atomic E-state index is 0.00259. The number of hydrogen-bond acceptors (Lipinski definition) is 4. The molecule has 0 saturated carbocycles. The lowest BCUT2D eigenvalue weighted by atomic mass is 10.2. The third-order valence-electron chi connectivity index (χ3n) is 2.65. The van der Waals surface area contributed by atoms with Crippen LogP contribution >= 0.6 is 0 Å². The van der Waals surface area contributed by atoms with Crippen LogP contribution in [0.15, 0.2) is 73.4 Å². The van der Waals surface area contributed by atoms with Gasteiger partial charge in [-0.25, -0.2) is 16.8 Å². The van der Waals surface area contributed by atoms with Crippen molar-refractivity contribution < 1.29 is 16.8 Å². The van der Waals surface area contributed by atoms with Crippen LogP contribution in [0.1, 0.15) is 5.56 Å². The second-order valence-corrected chi connectivity index (χ2v) is 7.59. The van der Waals surface area contributed by atoms with E-state index in [1.807, 2.05) is 6.92 Å². The van der Waals surface area contributed by atoms with Crippen molar-refractivity contribution in [3.63, 3.8) is 0 Å². The van der Waals surface area contributed by atoms with Crippen molar-refractivity contribution in [3.05, 3.63) is 81.0 Å². The fourth-order valence-corrected chi connectivity index (χ4v) is 2.86. The summed E-state index contributed by atoms with van der Waals surface area (Å²) in [5.41, 5.74) is 16.9. The van der Waals surface area contributed by atoms with E-state index < -0.39 is 20.0 Å². The van der Waals surface area contributed by atoms with Gasteiger partial charge in [-0.15, -0.1) is 0 Å². The quantitative estimate of drug-likeness (QED) is 0.448. The third-order valence-corrected chi connectivity index (χ3v) is 4.96. The largest absolute Gasteiger partial charge is 0.264 e. The maximum absolute atomic E-state index is 11.1. The fourth-order valence-electron chi connectivity index (χ4n) is 1.49. The zero-order valence-corrected chi connectivity index (χ0v) is 14.5. The van der Waals surface area contributed by atoms with Crippen LogP contribution in [0.4, 0.5) is 0 Å². The monoisotopic (exact) mass is 380 g/mol. The van der Waals surface area contributed by atoms with Crippen molar-refractivity contribution in [2.24, 2.45) is 9.04 Å². The van der Waals surface area contributed by atoms with E-state index >= 15 is 0 Å². The van der Waals surface area contributed by atoms with Crippen LogP contribution < -0.4 is 0 Å². The first-order valence-corrected chi connectivity index (χ1v) is 9.35. The molecule has 0 bridgehead atoms. The van der Waals surface area contributed by atoms with Crippen molar-refractivity contribution in [3.8, 4) is 0 Å². The smallest absolute Gasteiger partial charge is 0.216 e. The molecule has 0 heterocycles. The summed E-state index contributed by atoms with van der Waals surface area (Å²) in [4.78, 5) is 4.48. The maximum atomic E-state index is 11.1. The Kier molecular flexibility index (Phi) is 6.97. The molecule has 0 amide bonds. The summed E-state index contributed by atoms with van der Waals surface area (Å²) >= 11 is 0. The zero-order valence-electron chi connectivity index (χ0n) is 12.8. The highest BCUT2D eigenvalue weighted by atomic mass is 32.2. The molecule has 0 N–H and O–H groups in total. The van der Waals surface area contributed by atoms with E-state index in [1.165, 1.54) is 24.3 Å². The number of rotatable bonds is 4.